The molecule has 9 N–H and O–H groups in total. The molecule has 2 aliphatic heterocycles. The molecule has 0 unspecified atom stereocenters. The highest BCUT2D eigenvalue weighted by atomic mass is 16.6. The number of aromatic nitrogens is 15. The average Bonchev–Trinajstić information content (AvgIpc) is 0.858. The number of anilines is 12. The van der Waals surface area contributed by atoms with Crippen LogP contribution in [0.25, 0.3) is 34.6 Å². The van der Waals surface area contributed by atoms with E-state index in [1.54, 1.807) is 139 Å². The van der Waals surface area contributed by atoms with Crippen molar-refractivity contribution >= 4 is 93.8 Å². The van der Waals surface area contributed by atoms with Crippen molar-refractivity contribution in [1.29, 1.82) is 0 Å². The predicted molar refractivity (Wildman–Crippen MR) is 435 cm³/mol. The van der Waals surface area contributed by atoms with Gasteiger partial charge in [0.15, 0.2) is 17.5 Å². The van der Waals surface area contributed by atoms with Crippen LogP contribution in [-0.4, -0.2) is 166 Å². The second-order valence-corrected chi connectivity index (χ2v) is 25.4. The lowest BCUT2D eigenvalue weighted by Gasteiger charge is -2.38. The van der Waals surface area contributed by atoms with Crippen molar-refractivity contribution in [1.82, 2.24) is 85.0 Å². The van der Waals surface area contributed by atoms with Crippen LogP contribution in [0.15, 0.2) is 201 Å². The van der Waals surface area contributed by atoms with E-state index in [1.165, 1.54) is 19.2 Å². The van der Waals surface area contributed by atoms with E-state index >= 15 is 0 Å². The predicted octanol–water partition coefficient (Wildman–Crippen LogP) is 14.6. The minimum absolute atomic E-state index is 0. The van der Waals surface area contributed by atoms with Crippen molar-refractivity contribution in [2.75, 3.05) is 78.4 Å². The highest BCUT2D eigenvalue weighted by Crippen LogP contribution is 2.26. The number of aromatic carboxylic acids is 1. The van der Waals surface area contributed by atoms with Gasteiger partial charge in [-0.1, -0.05) is 47.9 Å². The summed E-state index contributed by atoms with van der Waals surface area (Å²) in [5, 5.41) is 39.6. The van der Waals surface area contributed by atoms with Crippen LogP contribution in [-0.2, 0) is 14.2 Å². The van der Waals surface area contributed by atoms with Gasteiger partial charge in [0.05, 0.1) is 30.4 Å². The van der Waals surface area contributed by atoms with Gasteiger partial charge >= 0.3 is 24.0 Å². The Kier molecular flexibility index (Phi) is 31.7. The zero-order chi connectivity index (χ0) is 76.7. The van der Waals surface area contributed by atoms with Gasteiger partial charge in [0.25, 0.3) is 0 Å². The number of hydrogen-bond donors (Lipinski definition) is 9. The molecular weight excluding hydrogens is 1440 g/mol. The fourth-order valence-corrected chi connectivity index (χ4v) is 10.0. The average molecular weight is 1530 g/mol. The molecule has 0 aliphatic carbocycles. The first kappa shape index (κ1) is 86.2. The van der Waals surface area contributed by atoms with Crippen LogP contribution in [0, 0.1) is 32.6 Å². The molecule has 3 aromatic carbocycles. The van der Waals surface area contributed by atoms with Crippen molar-refractivity contribution < 1.29 is 43.6 Å². The Bertz CT molecular complexity index is 5090. The summed E-state index contributed by atoms with van der Waals surface area (Å²) in [6.45, 7) is 14.9. The standard InChI is InChI=1S/C25H24N8O2.C22H19N7O2.C21H17N7O2.C9H17NO3.4CH4/c1-16-3-2-4-20(29-16)23-27-11-9-21(32-23)31-22-10-12-28-25(33-22)30-19-7-5-18(6-8-19)24(34)35-15-17-13-26-14-17;1-14-4-3-5-17(25-14)20-23-12-10-18(28-20)27-19-11-13-24-22(29-19)26-16-8-6-15(7-9-16)21(30)31-2;1-13-3-2-4-16(24-13)19-22-11-9-17(27-19)26-18-10-12-23-21(28-18)25-15-7-5-14(6-8-15)20(29)30;1-9(2,3)13-8(12)10-4-7(5-10)6-11;;;;/h2-12,17,26H,13-15H2,1H3,(H2,27,28,30,31,32,33);3-13H,1-2H3,(H2,23,24,26,27,28,29);2-12H,1H3,(H,29,30)(H2,22,23,25,26,27,28);7,11H,4-6H2,1-3H3;4*1H4. The van der Waals surface area contributed by atoms with Crippen molar-refractivity contribution in [3.8, 4) is 34.6 Å². The number of carbonyl (C=O) groups excluding carboxylic acids is 3. The lowest BCUT2D eigenvalue weighted by atomic mass is 10.0. The lowest BCUT2D eigenvalue weighted by Crippen LogP contribution is -2.52. The highest BCUT2D eigenvalue weighted by Gasteiger charge is 2.33. The summed E-state index contributed by atoms with van der Waals surface area (Å²) in [4.78, 5) is 114. The minimum Gasteiger partial charge on any atom is -0.478 e. The second-order valence-electron chi connectivity index (χ2n) is 25.4. The van der Waals surface area contributed by atoms with E-state index in [0.717, 1.165) is 41.5 Å². The third-order valence-corrected chi connectivity index (χ3v) is 15.6. The molecule has 0 saturated carbocycles. The minimum atomic E-state index is -0.978. The molecule has 12 aromatic rings. The summed E-state index contributed by atoms with van der Waals surface area (Å²) in [5.74, 6) is 5.07. The van der Waals surface area contributed by atoms with Gasteiger partial charge in [-0.15, -0.1) is 0 Å². The van der Waals surface area contributed by atoms with Gasteiger partial charge in [-0.25, -0.2) is 79.0 Å². The maximum atomic E-state index is 12.2. The molecule has 113 heavy (non-hydrogen) atoms. The van der Waals surface area contributed by atoms with E-state index in [1.807, 2.05) is 96.1 Å². The molecule has 586 valence electrons. The molecule has 2 saturated heterocycles. The molecule has 0 spiro atoms. The van der Waals surface area contributed by atoms with Gasteiger partial charge in [0, 0.05) is 116 Å². The van der Waals surface area contributed by atoms with Gasteiger partial charge in [-0.2, -0.15) is 15.0 Å². The largest absolute Gasteiger partial charge is 0.478 e. The van der Waals surface area contributed by atoms with E-state index in [4.69, 9.17) is 24.4 Å². The monoisotopic (exact) mass is 1530 g/mol. The molecule has 14 rings (SSSR count). The van der Waals surface area contributed by atoms with Crippen LogP contribution in [0.5, 0.6) is 0 Å². The van der Waals surface area contributed by atoms with E-state index in [0.29, 0.717) is 130 Å². The van der Waals surface area contributed by atoms with E-state index in [9.17, 15) is 19.2 Å². The number of carboxylic acids is 1. The molecule has 1 amide bonds. The molecule has 2 fully saturated rings. The van der Waals surface area contributed by atoms with Gasteiger partial charge in [-0.05, 0) is 187 Å². The topological polar surface area (TPSA) is 417 Å². The highest BCUT2D eigenvalue weighted by molar-refractivity contribution is 5.91. The fraction of sp³-hybridized carbons (Fsp3) is 0.247. The first-order valence-electron chi connectivity index (χ1n) is 34.2. The van der Waals surface area contributed by atoms with Crippen molar-refractivity contribution in [3.63, 3.8) is 0 Å². The molecule has 9 aromatic heterocycles. The SMILES string of the molecule is C.C.C.C.CC(C)(C)OC(=O)N1CC(CO)C1.COC(=O)c1ccc(Nc2nccc(Nc3ccnc(-c4cccc(C)n4)n3)n2)cc1.Cc1cccc(-c2nccc(Nc3ccnc(Nc4ccc(C(=O)O)cc4)n3)n2)n1.Cc1cccc(-c2nccc(Nc3ccnc(Nc4ccc(C(=O)OCC5CNC5)cc4)n3)n2)n1. The Morgan fingerprint density at radius 1 is 0.434 bits per heavy atom. The number of esters is 2. The molecule has 32 heteroatoms. The molecular formula is C81H93N23O9. The summed E-state index contributed by atoms with van der Waals surface area (Å²) in [6, 6.07) is 47.7. The molecule has 0 bridgehead atoms. The Morgan fingerprint density at radius 3 is 1.08 bits per heavy atom. The maximum absolute atomic E-state index is 12.2. The number of carbonyl (C=O) groups is 4. The number of methoxy groups -OCH3 is 1. The van der Waals surface area contributed by atoms with Crippen molar-refractivity contribution in [2.24, 2.45) is 11.8 Å². The number of aliphatic hydroxyl groups is 1. The fourth-order valence-electron chi connectivity index (χ4n) is 10.0. The number of hydrogen-bond acceptors (Lipinski definition) is 30. The lowest BCUT2D eigenvalue weighted by molar-refractivity contribution is -0.00977. The van der Waals surface area contributed by atoms with Crippen molar-refractivity contribution in [3.05, 3.63) is 235 Å². The van der Waals surface area contributed by atoms with Gasteiger partial charge in [-0.3, -0.25) is 0 Å². The summed E-state index contributed by atoms with van der Waals surface area (Å²) >= 11 is 0. The number of likely N-dealkylation sites (tertiary alicyclic amines) is 1. The molecule has 0 radical (unpaired) electrons. The number of ether oxygens (including phenoxy) is 3. The number of carboxylic acid groups (broad SMARTS) is 1. The molecule has 32 nitrogen and oxygen atoms in total. The van der Waals surface area contributed by atoms with Crippen LogP contribution in [0.3, 0.4) is 0 Å². The normalized spacial score (nSPS) is 11.8. The second kappa shape index (κ2) is 41.5. The Hall–Kier alpha value is -14.0. The van der Waals surface area contributed by atoms with E-state index in [2.05, 4.69) is 112 Å². The summed E-state index contributed by atoms with van der Waals surface area (Å²) < 4.78 is 15.2. The Balaban J connectivity index is 0.000000215. The summed E-state index contributed by atoms with van der Waals surface area (Å²) in [7, 11) is 1.35. The maximum Gasteiger partial charge on any atom is 0.410 e. The number of aliphatic hydroxyl groups excluding tert-OH is 1. The Labute approximate surface area is 655 Å². The number of rotatable bonds is 21. The molecule has 2 aliphatic rings. The van der Waals surface area contributed by atoms with E-state index in [-0.39, 0.29) is 65.8 Å². The third-order valence-electron chi connectivity index (χ3n) is 15.6. The first-order chi connectivity index (χ1) is 52.7. The Morgan fingerprint density at radius 2 is 0.770 bits per heavy atom. The van der Waals surface area contributed by atoms with Crippen LogP contribution >= 0.6 is 0 Å². The quantitative estimate of drug-likeness (QED) is 0.0238. The zero-order valence-electron chi connectivity index (χ0n) is 60.4. The number of pyridine rings is 3. The van der Waals surface area contributed by atoms with Crippen LogP contribution in [0.4, 0.5) is 74.6 Å². The van der Waals surface area contributed by atoms with Crippen molar-refractivity contribution in [2.45, 2.75) is 76.9 Å². The number of benzene rings is 3. The summed E-state index contributed by atoms with van der Waals surface area (Å²) in [6.07, 6.45) is 9.58. The smallest absolute Gasteiger partial charge is 0.410 e. The van der Waals surface area contributed by atoms with Crippen LogP contribution < -0.4 is 37.2 Å². The number of nitrogens with one attached hydrogen (secondary N) is 7. The zero-order valence-corrected chi connectivity index (χ0v) is 60.4. The number of amides is 1. The van der Waals surface area contributed by atoms with Gasteiger partial charge in [0.1, 0.15) is 57.6 Å². The number of nitrogens with zero attached hydrogens (tertiary/aromatic N) is 16. The molecule has 11 heterocycles. The van der Waals surface area contributed by atoms with Crippen LogP contribution in [0.1, 0.15) is 98.6 Å². The first-order valence-corrected chi connectivity index (χ1v) is 34.2. The van der Waals surface area contributed by atoms with E-state index < -0.39 is 11.6 Å². The van der Waals surface area contributed by atoms with Gasteiger partial charge in [0.2, 0.25) is 17.8 Å². The summed E-state index contributed by atoms with van der Waals surface area (Å²) in [5.41, 5.74) is 7.66. The molecule has 0 atom stereocenters. The number of aryl methyl sites for hydroxylation is 3. The van der Waals surface area contributed by atoms with Gasteiger partial charge < -0.3 is 66.5 Å². The third kappa shape index (κ3) is 26.1. The van der Waals surface area contributed by atoms with Crippen LogP contribution in [0.2, 0.25) is 0 Å².